The van der Waals surface area contributed by atoms with Crippen LogP contribution in [0.25, 0.3) is 44.8 Å². The molecule has 0 radical (unpaired) electrons. The lowest BCUT2D eigenvalue weighted by atomic mass is 9.84. The first-order valence-corrected chi connectivity index (χ1v) is 30.6. The molecular weight excluding hydrogens is 1140 g/mol. The molecule has 5 aliphatic rings. The van der Waals surface area contributed by atoms with Crippen LogP contribution in [0.15, 0.2) is 66.9 Å². The molecule has 29 nitrogen and oxygen atoms in total. The first-order chi connectivity index (χ1) is 42.5. The Labute approximate surface area is 508 Å². The number of nitrogens with two attached hydrogens (primary N) is 6. The van der Waals surface area contributed by atoms with Crippen LogP contribution in [0.5, 0.6) is 5.75 Å². The molecule has 88 heavy (non-hydrogen) atoms. The smallest absolute Gasteiger partial charge is 0.187 e. The van der Waals surface area contributed by atoms with Gasteiger partial charge in [0.15, 0.2) is 18.9 Å². The van der Waals surface area contributed by atoms with Crippen molar-refractivity contribution in [1.29, 1.82) is 0 Å². The van der Waals surface area contributed by atoms with Gasteiger partial charge in [-0.05, 0) is 87.0 Å². The van der Waals surface area contributed by atoms with Crippen molar-refractivity contribution in [3.05, 3.63) is 72.6 Å². The molecule has 4 aliphatic heterocycles. The molecule has 1 aliphatic carbocycles. The highest BCUT2D eigenvalue weighted by atomic mass is 16.8. The normalized spacial score (nSPS) is 33.2. The summed E-state index contributed by atoms with van der Waals surface area (Å²) in [5.74, 6) is 2.41. The molecule has 6 aromatic rings. The lowest BCUT2D eigenvalue weighted by Gasteiger charge is -2.47. The Balaban J connectivity index is 0.614. The number of rotatable bonds is 25. The van der Waals surface area contributed by atoms with Crippen LogP contribution in [-0.4, -0.2) is 246 Å². The molecule has 7 heterocycles. The molecule has 482 valence electrons. The highest BCUT2D eigenvalue weighted by Gasteiger charge is 2.55. The molecule has 5 fully saturated rings. The summed E-state index contributed by atoms with van der Waals surface area (Å²) in [5, 5.41) is 74.4. The van der Waals surface area contributed by atoms with Crippen LogP contribution in [0, 0.1) is 0 Å². The minimum absolute atomic E-state index is 0.0624. The molecule has 19 atom stereocenters. The zero-order chi connectivity index (χ0) is 61.8. The predicted molar refractivity (Wildman–Crippen MR) is 320 cm³/mol. The minimum Gasteiger partial charge on any atom is -0.494 e. The van der Waals surface area contributed by atoms with Crippen molar-refractivity contribution < 1.29 is 68.5 Å². The van der Waals surface area contributed by atoms with Crippen molar-refractivity contribution in [2.75, 3.05) is 64.4 Å². The molecule has 1 unspecified atom stereocenters. The van der Waals surface area contributed by atoms with Crippen molar-refractivity contribution in [1.82, 2.24) is 39.8 Å². The predicted octanol–water partition coefficient (Wildman–Crippen LogP) is -1.82. The topological polar surface area (TPSA) is 446 Å². The molecule has 0 spiro atoms. The summed E-state index contributed by atoms with van der Waals surface area (Å²) in [6.45, 7) is 5.03. The number of unbranched alkanes of at least 4 members (excludes halogenated alkanes) is 5. The first kappa shape index (κ1) is 64.1. The van der Waals surface area contributed by atoms with E-state index in [1.807, 2.05) is 30.3 Å². The summed E-state index contributed by atoms with van der Waals surface area (Å²) in [5.41, 5.74) is 44.4. The molecule has 3 aromatic heterocycles. The summed E-state index contributed by atoms with van der Waals surface area (Å²) in [6, 6.07) is 16.3. The number of anilines is 1. The van der Waals surface area contributed by atoms with E-state index in [1.165, 1.54) is 10.4 Å². The third-order valence-corrected chi connectivity index (χ3v) is 17.6. The maximum atomic E-state index is 11.9. The highest BCUT2D eigenvalue weighted by Crippen LogP contribution is 2.36. The van der Waals surface area contributed by atoms with Gasteiger partial charge in [-0.25, -0.2) is 14.6 Å². The second-order valence-electron chi connectivity index (χ2n) is 23.9. The Morgan fingerprint density at radius 1 is 0.580 bits per heavy atom. The summed E-state index contributed by atoms with van der Waals surface area (Å²) < 4.78 is 50.3. The van der Waals surface area contributed by atoms with Crippen LogP contribution >= 0.6 is 0 Å². The van der Waals surface area contributed by atoms with Gasteiger partial charge in [-0.1, -0.05) is 30.9 Å². The molecular formula is C59H87N15O14. The van der Waals surface area contributed by atoms with Gasteiger partial charge in [0.2, 0.25) is 0 Å². The quantitative estimate of drug-likeness (QED) is 0.0281. The number of ether oxygens (including phenoxy) is 8. The van der Waals surface area contributed by atoms with E-state index in [4.69, 9.17) is 82.3 Å². The van der Waals surface area contributed by atoms with Gasteiger partial charge in [-0.15, -0.1) is 5.10 Å². The van der Waals surface area contributed by atoms with Gasteiger partial charge in [0.1, 0.15) is 90.2 Å². The molecule has 3 aromatic carbocycles. The van der Waals surface area contributed by atoms with Gasteiger partial charge in [-0.2, -0.15) is 0 Å². The SMILES string of the molecule is CN1CCN(c2ccc3nc(-c4ccc5nc(-c6ccc(OCCCCCCCCOCc7cn(C[C@H]8O[C@@H](O[C@@H]9[C@@H](O)[C@H](N)C[C@H](N)[C@H]9O[C@H]9O[C@H](CN)[C@@H](O)[C@H](O)[C@H]9N)[C@H](O)[C@@H]8O[C@H]8OC(CN)[C@@H](O)[C@H](O)[C@H]8N)nn7)cc6)[nH]c5c4)[nH]c3c2)CC1. The monoisotopic (exact) mass is 1230 g/mol. The van der Waals surface area contributed by atoms with E-state index in [2.05, 4.69) is 67.5 Å². The number of H-pyrrole nitrogens is 2. The number of aromatic nitrogens is 7. The average Bonchev–Trinajstić information content (AvgIpc) is 4.47. The number of fused-ring (bicyclic) bond motifs is 2. The van der Waals surface area contributed by atoms with Crippen molar-refractivity contribution in [3.63, 3.8) is 0 Å². The van der Waals surface area contributed by atoms with Crippen LogP contribution in [-0.2, 0) is 46.3 Å². The van der Waals surface area contributed by atoms with E-state index >= 15 is 0 Å². The largest absolute Gasteiger partial charge is 0.494 e. The molecule has 0 bridgehead atoms. The number of hydrogen-bond donors (Lipinski definition) is 14. The fourth-order valence-corrected chi connectivity index (χ4v) is 12.2. The number of aliphatic hydroxyl groups is 6. The second kappa shape index (κ2) is 28.8. The van der Waals surface area contributed by atoms with Crippen LogP contribution in [0.4, 0.5) is 5.69 Å². The summed E-state index contributed by atoms with van der Waals surface area (Å²) in [7, 11) is 2.17. The van der Waals surface area contributed by atoms with E-state index in [0.717, 1.165) is 115 Å². The van der Waals surface area contributed by atoms with Gasteiger partial charge >= 0.3 is 0 Å². The third-order valence-electron chi connectivity index (χ3n) is 17.6. The van der Waals surface area contributed by atoms with Crippen molar-refractivity contribution in [3.8, 4) is 28.5 Å². The zero-order valence-corrected chi connectivity index (χ0v) is 49.4. The van der Waals surface area contributed by atoms with Gasteiger partial charge in [-0.3, -0.25) is 0 Å². The first-order valence-electron chi connectivity index (χ1n) is 30.6. The number of aromatic amines is 2. The Morgan fingerprint density at radius 2 is 1.15 bits per heavy atom. The standard InChI is InChI=1S/C59H87N15O14/c1-72-16-18-73(19-17-72)33-11-15-38-40(23-33)69-56(67-38)31-10-14-37-39(22-31)68-55(66-37)30-8-12-34(13-9-30)82-21-7-5-3-2-4-6-20-81-29-32-27-74(71-70-32)28-43-53(87-58-45(65)50(79)48(77)42(26-61)84-58)51(80)59(85-43)88-54-46(75)35(62)24-36(63)52(54)86-57-44(64)49(78)47(76)41(25-60)83-57/h8-15,22-23,27,35-36,41-54,57-59,75-80H,2-7,16-21,24-26,28-29,60-65H2,1H3,(H,66,68)(H,67,69)/t35-,36+,41-,42?,43-,44-,45-,46+,47-,48-,49-,50-,51-,52-,53-,54-,57-,58-,59+/m1/s1. The molecule has 11 rings (SSSR count). The molecule has 29 heteroatoms. The molecule has 4 saturated heterocycles. The van der Waals surface area contributed by atoms with Gasteiger partial charge in [0.25, 0.3) is 0 Å². The number of aliphatic hydroxyl groups excluding tert-OH is 6. The average molecular weight is 1230 g/mol. The summed E-state index contributed by atoms with van der Waals surface area (Å²) in [6.07, 6.45) is -12.4. The summed E-state index contributed by atoms with van der Waals surface area (Å²) >= 11 is 0. The van der Waals surface area contributed by atoms with Crippen molar-refractivity contribution >= 4 is 27.8 Å². The third kappa shape index (κ3) is 14.5. The molecule has 0 amide bonds. The number of benzene rings is 3. The minimum atomic E-state index is -1.62. The lowest BCUT2D eigenvalue weighted by Crippen LogP contribution is -2.68. The zero-order valence-electron chi connectivity index (χ0n) is 49.4. The maximum absolute atomic E-state index is 11.9. The Bertz CT molecular complexity index is 3170. The van der Waals surface area contributed by atoms with Crippen molar-refractivity contribution in [2.24, 2.45) is 34.4 Å². The number of piperazine rings is 1. The van der Waals surface area contributed by atoms with E-state index in [1.54, 1.807) is 6.20 Å². The fraction of sp³-hybridized carbons (Fsp3) is 0.627. The van der Waals surface area contributed by atoms with Gasteiger partial charge in [0, 0.05) is 74.8 Å². The van der Waals surface area contributed by atoms with Crippen LogP contribution < -0.4 is 44.0 Å². The van der Waals surface area contributed by atoms with Crippen LogP contribution in [0.1, 0.15) is 50.6 Å². The Hall–Kier alpha value is -5.46. The highest BCUT2D eigenvalue weighted by molar-refractivity contribution is 5.87. The van der Waals surface area contributed by atoms with E-state index < -0.39 is 116 Å². The second-order valence-corrected chi connectivity index (χ2v) is 23.9. The van der Waals surface area contributed by atoms with Crippen molar-refractivity contribution in [2.45, 2.75) is 174 Å². The lowest BCUT2D eigenvalue weighted by molar-refractivity contribution is -0.306. The number of imidazole rings is 2. The van der Waals surface area contributed by atoms with Gasteiger partial charge in [0.05, 0.1) is 66.2 Å². The van der Waals surface area contributed by atoms with Gasteiger partial charge < -0.3 is 123 Å². The maximum Gasteiger partial charge on any atom is 0.187 e. The van der Waals surface area contributed by atoms with E-state index in [-0.39, 0.29) is 32.7 Å². The summed E-state index contributed by atoms with van der Waals surface area (Å²) in [4.78, 5) is 21.6. The molecule has 20 N–H and O–H groups in total. The van der Waals surface area contributed by atoms with Crippen LogP contribution in [0.3, 0.4) is 0 Å². The number of hydrogen-bond acceptors (Lipinski definition) is 26. The fourth-order valence-electron chi connectivity index (χ4n) is 12.2. The molecule has 1 saturated carbocycles. The number of likely N-dealkylation sites (N-methyl/N-ethyl adjacent to an activating group) is 1. The number of nitrogens with one attached hydrogen (secondary N) is 2. The van der Waals surface area contributed by atoms with E-state index in [0.29, 0.717) is 18.9 Å². The van der Waals surface area contributed by atoms with E-state index in [9.17, 15) is 30.6 Å². The number of nitrogens with zero attached hydrogens (tertiary/aromatic N) is 7. The van der Waals surface area contributed by atoms with Crippen LogP contribution in [0.2, 0.25) is 0 Å². The Kier molecular flexibility index (Phi) is 21.0. The Morgan fingerprint density at radius 3 is 1.81 bits per heavy atom.